The van der Waals surface area contributed by atoms with Crippen molar-refractivity contribution in [2.45, 2.75) is 38.5 Å². The minimum atomic E-state index is 1.06. The van der Waals surface area contributed by atoms with Crippen LogP contribution in [0.1, 0.15) is 38.5 Å². The molecule has 0 aromatic heterocycles. The molecule has 3 unspecified atom stereocenters. The zero-order chi connectivity index (χ0) is 7.26. The summed E-state index contributed by atoms with van der Waals surface area (Å²) < 4.78 is 0. The summed E-state index contributed by atoms with van der Waals surface area (Å²) in [6, 6.07) is 0. The smallest absolute Gasteiger partial charge is 0.0172 e. The van der Waals surface area contributed by atoms with E-state index in [0.717, 1.165) is 17.8 Å². The second-order valence-corrected chi connectivity index (χ2v) is 4.53. The number of hydrogen-bond acceptors (Lipinski definition) is 0. The van der Waals surface area contributed by atoms with Crippen molar-refractivity contribution >= 4 is 0 Å². The van der Waals surface area contributed by atoms with Crippen LogP contribution in [-0.2, 0) is 0 Å². The highest BCUT2D eigenvalue weighted by Crippen LogP contribution is 2.54. The molecule has 0 aromatic carbocycles. The molecule has 11 heavy (non-hydrogen) atoms. The third-order valence-electron chi connectivity index (χ3n) is 4.08. The fourth-order valence-electron chi connectivity index (χ4n) is 3.59. The van der Waals surface area contributed by atoms with Crippen LogP contribution < -0.4 is 0 Å². The lowest BCUT2D eigenvalue weighted by atomic mass is 9.74. The van der Waals surface area contributed by atoms with Crippen molar-refractivity contribution in [1.82, 2.24) is 0 Å². The number of hydrogen-bond donors (Lipinski definition) is 0. The molecule has 60 valence electrons. The highest BCUT2D eigenvalue weighted by molar-refractivity contribution is 5.23. The lowest BCUT2D eigenvalue weighted by molar-refractivity contribution is 0.233. The maximum atomic E-state index is 2.54. The van der Waals surface area contributed by atoms with E-state index in [0.29, 0.717) is 0 Å². The molecule has 0 saturated heterocycles. The normalized spacial score (nSPS) is 47.3. The van der Waals surface area contributed by atoms with Crippen LogP contribution in [0.4, 0.5) is 0 Å². The van der Waals surface area contributed by atoms with E-state index in [4.69, 9.17) is 0 Å². The van der Waals surface area contributed by atoms with Gasteiger partial charge in [0, 0.05) is 0 Å². The molecule has 3 aliphatic rings. The Hall–Kier alpha value is -0.260. The summed E-state index contributed by atoms with van der Waals surface area (Å²) >= 11 is 0. The fourth-order valence-corrected chi connectivity index (χ4v) is 3.59. The lowest BCUT2D eigenvalue weighted by Crippen LogP contribution is -2.21. The molecular weight excluding hydrogens is 132 g/mol. The van der Waals surface area contributed by atoms with Crippen LogP contribution in [0.2, 0.25) is 0 Å². The molecule has 3 rings (SSSR count). The Morgan fingerprint density at radius 2 is 2.09 bits per heavy atom. The summed E-state index contributed by atoms with van der Waals surface area (Å²) in [5, 5.41) is 0. The van der Waals surface area contributed by atoms with Crippen LogP contribution in [0.25, 0.3) is 0 Å². The fraction of sp³-hybridized carbons (Fsp3) is 0.818. The summed E-state index contributed by atoms with van der Waals surface area (Å²) in [7, 11) is 0. The van der Waals surface area contributed by atoms with Crippen molar-refractivity contribution in [2.75, 3.05) is 0 Å². The summed E-state index contributed by atoms with van der Waals surface area (Å²) in [4.78, 5) is 0. The first kappa shape index (κ1) is 6.28. The van der Waals surface area contributed by atoms with E-state index >= 15 is 0 Å². The molecular formula is C11H16. The first-order valence-electron chi connectivity index (χ1n) is 5.14. The molecule has 0 N–H and O–H groups in total. The van der Waals surface area contributed by atoms with Crippen LogP contribution in [0.3, 0.4) is 0 Å². The van der Waals surface area contributed by atoms with Crippen molar-refractivity contribution in [3.63, 3.8) is 0 Å². The average Bonchev–Trinajstić information content (AvgIpc) is 2.64. The van der Waals surface area contributed by atoms with E-state index in [1.165, 1.54) is 32.1 Å². The third-order valence-corrected chi connectivity index (χ3v) is 4.08. The minimum absolute atomic E-state index is 1.06. The average molecular weight is 148 g/mol. The summed E-state index contributed by atoms with van der Waals surface area (Å²) in [6.45, 7) is 0. The monoisotopic (exact) mass is 148 g/mol. The van der Waals surface area contributed by atoms with Gasteiger partial charge in [0.1, 0.15) is 0 Å². The van der Waals surface area contributed by atoms with E-state index in [9.17, 15) is 0 Å². The van der Waals surface area contributed by atoms with E-state index < -0.39 is 0 Å². The molecule has 2 fully saturated rings. The standard InChI is InChI=1S/C11H16/c1-2-4-11-9-6-5-8(7-9)10(11)3-1/h5,9-11H,1-4,6-7H2. The Labute approximate surface area is 68.7 Å². The van der Waals surface area contributed by atoms with Gasteiger partial charge in [-0.2, -0.15) is 0 Å². The van der Waals surface area contributed by atoms with E-state index in [1.807, 2.05) is 5.57 Å². The van der Waals surface area contributed by atoms with Gasteiger partial charge < -0.3 is 0 Å². The molecule has 0 radical (unpaired) electrons. The van der Waals surface area contributed by atoms with Crippen LogP contribution in [-0.4, -0.2) is 0 Å². The topological polar surface area (TPSA) is 0 Å². The Morgan fingerprint density at radius 3 is 3.00 bits per heavy atom. The zero-order valence-electron chi connectivity index (χ0n) is 7.05. The zero-order valence-corrected chi connectivity index (χ0v) is 7.05. The van der Waals surface area contributed by atoms with Gasteiger partial charge in [-0.3, -0.25) is 0 Å². The Balaban J connectivity index is 1.92. The van der Waals surface area contributed by atoms with Gasteiger partial charge in [0.15, 0.2) is 0 Å². The van der Waals surface area contributed by atoms with Gasteiger partial charge in [-0.25, -0.2) is 0 Å². The Bertz CT molecular complexity index is 202. The van der Waals surface area contributed by atoms with Crippen LogP contribution >= 0.6 is 0 Å². The molecule has 0 aromatic rings. The molecule has 3 aliphatic carbocycles. The molecule has 0 aliphatic heterocycles. The SMILES string of the molecule is C1=C2CC(C1)C1CCCCC21. The molecule has 0 spiro atoms. The van der Waals surface area contributed by atoms with Gasteiger partial charge >= 0.3 is 0 Å². The van der Waals surface area contributed by atoms with Crippen LogP contribution in [0, 0.1) is 17.8 Å². The van der Waals surface area contributed by atoms with Crippen molar-refractivity contribution in [1.29, 1.82) is 0 Å². The predicted octanol–water partition coefficient (Wildman–Crippen LogP) is 3.14. The van der Waals surface area contributed by atoms with Crippen molar-refractivity contribution in [2.24, 2.45) is 17.8 Å². The minimum Gasteiger partial charge on any atom is -0.0847 e. The summed E-state index contributed by atoms with van der Waals surface area (Å²) in [6.07, 6.45) is 11.5. The largest absolute Gasteiger partial charge is 0.0847 e. The van der Waals surface area contributed by atoms with Gasteiger partial charge in [-0.15, -0.1) is 0 Å². The van der Waals surface area contributed by atoms with Gasteiger partial charge in [-0.05, 0) is 43.4 Å². The first-order valence-corrected chi connectivity index (χ1v) is 5.14. The van der Waals surface area contributed by atoms with Gasteiger partial charge in [0.25, 0.3) is 0 Å². The number of allylic oxidation sites excluding steroid dienone is 2. The Kier molecular flexibility index (Phi) is 1.21. The molecule has 2 saturated carbocycles. The molecule has 2 bridgehead atoms. The molecule has 0 amide bonds. The van der Waals surface area contributed by atoms with E-state index in [-0.39, 0.29) is 0 Å². The first-order chi connectivity index (χ1) is 5.45. The molecule has 0 nitrogen and oxygen atoms in total. The van der Waals surface area contributed by atoms with Gasteiger partial charge in [0.05, 0.1) is 0 Å². The van der Waals surface area contributed by atoms with Crippen molar-refractivity contribution in [3.05, 3.63) is 11.6 Å². The quantitative estimate of drug-likeness (QED) is 0.463. The molecule has 0 heteroatoms. The van der Waals surface area contributed by atoms with Crippen LogP contribution in [0.5, 0.6) is 0 Å². The highest BCUT2D eigenvalue weighted by atomic mass is 14.5. The van der Waals surface area contributed by atoms with Gasteiger partial charge in [-0.1, -0.05) is 24.5 Å². The van der Waals surface area contributed by atoms with E-state index in [1.54, 1.807) is 6.42 Å². The highest BCUT2D eigenvalue weighted by Gasteiger charge is 2.42. The Morgan fingerprint density at radius 1 is 1.18 bits per heavy atom. The van der Waals surface area contributed by atoms with Gasteiger partial charge in [0.2, 0.25) is 0 Å². The second kappa shape index (κ2) is 2.12. The second-order valence-electron chi connectivity index (χ2n) is 4.53. The number of fused-ring (bicyclic) bond motifs is 5. The maximum absolute atomic E-state index is 2.54. The van der Waals surface area contributed by atoms with Crippen LogP contribution in [0.15, 0.2) is 11.6 Å². The lowest BCUT2D eigenvalue weighted by Gasteiger charge is -2.31. The summed E-state index contributed by atoms with van der Waals surface area (Å²) in [5.74, 6) is 3.28. The third kappa shape index (κ3) is 0.758. The predicted molar refractivity (Wildman–Crippen MR) is 46.3 cm³/mol. The van der Waals surface area contributed by atoms with Crippen molar-refractivity contribution in [3.8, 4) is 0 Å². The number of rotatable bonds is 0. The molecule has 3 atom stereocenters. The van der Waals surface area contributed by atoms with E-state index in [2.05, 4.69) is 6.08 Å². The molecule has 0 heterocycles. The maximum Gasteiger partial charge on any atom is -0.0172 e. The summed E-state index contributed by atoms with van der Waals surface area (Å²) in [5.41, 5.74) is 1.85. The van der Waals surface area contributed by atoms with Crippen molar-refractivity contribution < 1.29 is 0 Å².